The molecule has 0 saturated carbocycles. The molecule has 1 aliphatic heterocycles. The molecule has 1 unspecified atom stereocenters. The summed E-state index contributed by atoms with van der Waals surface area (Å²) in [6, 6.07) is 11.9. The van der Waals surface area contributed by atoms with Crippen LogP contribution in [0.1, 0.15) is 11.1 Å². The van der Waals surface area contributed by atoms with Crippen LogP contribution in [0, 0.1) is 6.92 Å². The van der Waals surface area contributed by atoms with E-state index in [0.29, 0.717) is 11.6 Å². The summed E-state index contributed by atoms with van der Waals surface area (Å²) in [5.74, 6) is 1.77. The fourth-order valence-corrected chi connectivity index (χ4v) is 2.78. The molecule has 0 bridgehead atoms. The largest absolute Gasteiger partial charge is 0.495 e. The van der Waals surface area contributed by atoms with Crippen LogP contribution in [0.25, 0.3) is 0 Å². The molecule has 1 N–H and O–H groups in total. The Bertz CT molecular complexity index is 657. The molecule has 0 aliphatic carbocycles. The summed E-state index contributed by atoms with van der Waals surface area (Å²) in [5, 5.41) is 4.05. The number of anilines is 1. The zero-order valence-corrected chi connectivity index (χ0v) is 12.9. The molecule has 0 fully saturated rings. The van der Waals surface area contributed by atoms with E-state index >= 15 is 0 Å². The summed E-state index contributed by atoms with van der Waals surface area (Å²) in [4.78, 5) is 0. The molecule has 0 radical (unpaired) electrons. The zero-order valence-electron chi connectivity index (χ0n) is 12.2. The maximum atomic E-state index is 6.03. The summed E-state index contributed by atoms with van der Waals surface area (Å²) < 4.78 is 11.3. The summed E-state index contributed by atoms with van der Waals surface area (Å²) in [6.45, 7) is 2.81. The molecule has 0 saturated heterocycles. The van der Waals surface area contributed by atoms with Gasteiger partial charge in [-0.3, -0.25) is 0 Å². The van der Waals surface area contributed by atoms with Crippen LogP contribution in [0.3, 0.4) is 0 Å². The average molecular weight is 304 g/mol. The van der Waals surface area contributed by atoms with Crippen LogP contribution in [0.2, 0.25) is 5.02 Å². The van der Waals surface area contributed by atoms with Gasteiger partial charge in [0.05, 0.1) is 19.3 Å². The molecule has 1 heterocycles. The highest BCUT2D eigenvalue weighted by Gasteiger charge is 2.22. The van der Waals surface area contributed by atoms with E-state index in [1.807, 2.05) is 24.3 Å². The topological polar surface area (TPSA) is 30.5 Å². The Balaban J connectivity index is 1.66. The summed E-state index contributed by atoms with van der Waals surface area (Å²) in [5.41, 5.74) is 3.43. The van der Waals surface area contributed by atoms with Crippen LogP contribution in [0.5, 0.6) is 11.5 Å². The van der Waals surface area contributed by atoms with Crippen molar-refractivity contribution in [3.05, 3.63) is 52.5 Å². The standard InChI is InChI=1S/C17H18ClNO2/c1-11-3-5-16-12(7-11)8-14(21-16)10-19-15-9-13(18)4-6-17(15)20-2/h3-7,9,14,19H,8,10H2,1-2H3. The monoisotopic (exact) mass is 303 g/mol. The van der Waals surface area contributed by atoms with E-state index in [2.05, 4.69) is 24.4 Å². The number of nitrogens with one attached hydrogen (secondary N) is 1. The first-order valence-corrected chi connectivity index (χ1v) is 7.37. The van der Waals surface area contributed by atoms with Crippen molar-refractivity contribution in [3.63, 3.8) is 0 Å². The van der Waals surface area contributed by atoms with Crippen LogP contribution in [-0.4, -0.2) is 19.8 Å². The molecule has 2 aromatic carbocycles. The fourth-order valence-electron chi connectivity index (χ4n) is 2.61. The number of aryl methyl sites for hydroxylation is 1. The quantitative estimate of drug-likeness (QED) is 0.923. The third-order valence-corrected chi connectivity index (χ3v) is 3.87. The first-order valence-electron chi connectivity index (χ1n) is 6.99. The van der Waals surface area contributed by atoms with Crippen LogP contribution in [0.4, 0.5) is 5.69 Å². The van der Waals surface area contributed by atoms with Gasteiger partial charge in [-0.15, -0.1) is 0 Å². The van der Waals surface area contributed by atoms with Gasteiger partial charge in [0.25, 0.3) is 0 Å². The number of methoxy groups -OCH3 is 1. The number of fused-ring (bicyclic) bond motifs is 1. The summed E-state index contributed by atoms with van der Waals surface area (Å²) in [6.07, 6.45) is 1.05. The Kier molecular flexibility index (Phi) is 3.93. The Morgan fingerprint density at radius 2 is 2.14 bits per heavy atom. The van der Waals surface area contributed by atoms with E-state index in [1.54, 1.807) is 7.11 Å². The van der Waals surface area contributed by atoms with Crippen LogP contribution in [-0.2, 0) is 6.42 Å². The van der Waals surface area contributed by atoms with E-state index < -0.39 is 0 Å². The molecular formula is C17H18ClNO2. The highest BCUT2D eigenvalue weighted by atomic mass is 35.5. The van der Waals surface area contributed by atoms with Crippen molar-refractivity contribution in [2.24, 2.45) is 0 Å². The number of rotatable bonds is 4. The number of halogens is 1. The second kappa shape index (κ2) is 5.86. The third-order valence-electron chi connectivity index (χ3n) is 3.64. The Hall–Kier alpha value is -1.87. The third kappa shape index (κ3) is 3.08. The van der Waals surface area contributed by atoms with Gasteiger partial charge in [-0.1, -0.05) is 29.3 Å². The fraction of sp³-hybridized carbons (Fsp3) is 0.294. The second-order valence-electron chi connectivity index (χ2n) is 5.28. The maximum absolute atomic E-state index is 6.03. The van der Waals surface area contributed by atoms with Crippen molar-refractivity contribution in [3.8, 4) is 11.5 Å². The number of benzene rings is 2. The van der Waals surface area contributed by atoms with Gasteiger partial charge < -0.3 is 14.8 Å². The molecular weight excluding hydrogens is 286 g/mol. The molecule has 0 spiro atoms. The normalized spacial score (nSPS) is 16.2. The minimum absolute atomic E-state index is 0.130. The van der Waals surface area contributed by atoms with Gasteiger partial charge in [-0.05, 0) is 36.8 Å². The first-order chi connectivity index (χ1) is 10.2. The van der Waals surface area contributed by atoms with Crippen molar-refractivity contribution < 1.29 is 9.47 Å². The lowest BCUT2D eigenvalue weighted by Gasteiger charge is -2.15. The van der Waals surface area contributed by atoms with Gasteiger partial charge in [0.15, 0.2) is 0 Å². The van der Waals surface area contributed by atoms with E-state index in [1.165, 1.54) is 11.1 Å². The van der Waals surface area contributed by atoms with E-state index in [9.17, 15) is 0 Å². The van der Waals surface area contributed by atoms with E-state index in [-0.39, 0.29) is 6.10 Å². The smallest absolute Gasteiger partial charge is 0.142 e. The van der Waals surface area contributed by atoms with Crippen molar-refractivity contribution in [2.75, 3.05) is 19.0 Å². The molecule has 1 atom stereocenters. The zero-order chi connectivity index (χ0) is 14.8. The minimum Gasteiger partial charge on any atom is -0.495 e. The van der Waals surface area contributed by atoms with Crippen LogP contribution >= 0.6 is 11.6 Å². The van der Waals surface area contributed by atoms with Gasteiger partial charge in [0.1, 0.15) is 17.6 Å². The lowest BCUT2D eigenvalue weighted by Crippen LogP contribution is -2.24. The van der Waals surface area contributed by atoms with Crippen molar-refractivity contribution >= 4 is 17.3 Å². The van der Waals surface area contributed by atoms with Gasteiger partial charge in [0, 0.05) is 11.4 Å². The van der Waals surface area contributed by atoms with Crippen LogP contribution in [0.15, 0.2) is 36.4 Å². The molecule has 3 rings (SSSR count). The predicted molar refractivity (Wildman–Crippen MR) is 85.8 cm³/mol. The lowest BCUT2D eigenvalue weighted by molar-refractivity contribution is 0.246. The van der Waals surface area contributed by atoms with Crippen molar-refractivity contribution in [1.82, 2.24) is 0 Å². The molecule has 21 heavy (non-hydrogen) atoms. The molecule has 3 nitrogen and oxygen atoms in total. The van der Waals surface area contributed by atoms with Crippen molar-refractivity contribution in [2.45, 2.75) is 19.4 Å². The van der Waals surface area contributed by atoms with Crippen molar-refractivity contribution in [1.29, 1.82) is 0 Å². The Morgan fingerprint density at radius 1 is 1.29 bits per heavy atom. The predicted octanol–water partition coefficient (Wildman–Crippen LogP) is 4.07. The van der Waals surface area contributed by atoms with E-state index in [0.717, 1.165) is 23.6 Å². The SMILES string of the molecule is COc1ccc(Cl)cc1NCC1Cc2cc(C)ccc2O1. The Morgan fingerprint density at radius 3 is 2.95 bits per heavy atom. The number of hydrogen-bond acceptors (Lipinski definition) is 3. The summed E-state index contributed by atoms with van der Waals surface area (Å²) >= 11 is 6.03. The summed E-state index contributed by atoms with van der Waals surface area (Å²) in [7, 11) is 1.65. The van der Waals surface area contributed by atoms with Gasteiger partial charge in [-0.2, -0.15) is 0 Å². The molecule has 0 aromatic heterocycles. The Labute approximate surface area is 129 Å². The average Bonchev–Trinajstić information content (AvgIpc) is 2.87. The molecule has 1 aliphatic rings. The van der Waals surface area contributed by atoms with Gasteiger partial charge in [-0.25, -0.2) is 0 Å². The molecule has 4 heteroatoms. The first kappa shape index (κ1) is 14.1. The highest BCUT2D eigenvalue weighted by molar-refractivity contribution is 6.30. The maximum Gasteiger partial charge on any atom is 0.142 e. The number of ether oxygens (including phenoxy) is 2. The number of hydrogen-bond donors (Lipinski definition) is 1. The highest BCUT2D eigenvalue weighted by Crippen LogP contribution is 2.31. The molecule has 110 valence electrons. The van der Waals surface area contributed by atoms with Crippen LogP contribution < -0.4 is 14.8 Å². The van der Waals surface area contributed by atoms with Gasteiger partial charge >= 0.3 is 0 Å². The van der Waals surface area contributed by atoms with E-state index in [4.69, 9.17) is 21.1 Å². The molecule has 2 aromatic rings. The van der Waals surface area contributed by atoms with Gasteiger partial charge in [0.2, 0.25) is 0 Å². The minimum atomic E-state index is 0.130. The lowest BCUT2D eigenvalue weighted by atomic mass is 10.1. The second-order valence-corrected chi connectivity index (χ2v) is 5.72. The molecule has 0 amide bonds.